The minimum absolute atomic E-state index is 0.148. The first-order valence-corrected chi connectivity index (χ1v) is 8.42. The predicted octanol–water partition coefficient (Wildman–Crippen LogP) is 0.632. The Bertz CT molecular complexity index is 459. The standard InChI is InChI=1S/C13H24N6OS/c1-10(2)8-14-6-7-19-13(15-16-17-19)21-9-12(20)18(3)11-4-5-11/h10-11,14H,4-9H2,1-3H3. The molecule has 1 fully saturated rings. The number of nitrogens with zero attached hydrogens (tertiary/aromatic N) is 5. The van der Waals surface area contributed by atoms with Crippen LogP contribution < -0.4 is 5.32 Å². The Kier molecular flexibility index (Phi) is 5.98. The molecule has 0 radical (unpaired) electrons. The van der Waals surface area contributed by atoms with Gasteiger partial charge in [0.2, 0.25) is 11.1 Å². The van der Waals surface area contributed by atoms with Gasteiger partial charge in [-0.05, 0) is 35.7 Å². The van der Waals surface area contributed by atoms with Crippen molar-refractivity contribution in [3.63, 3.8) is 0 Å². The number of carbonyl (C=O) groups is 1. The summed E-state index contributed by atoms with van der Waals surface area (Å²) in [5, 5.41) is 15.7. The van der Waals surface area contributed by atoms with E-state index in [0.717, 1.165) is 25.9 Å². The monoisotopic (exact) mass is 312 g/mol. The van der Waals surface area contributed by atoms with Crippen molar-refractivity contribution in [3.05, 3.63) is 0 Å². The molecule has 0 aromatic carbocycles. The topological polar surface area (TPSA) is 75.9 Å². The number of nitrogens with one attached hydrogen (secondary N) is 1. The molecule has 1 aliphatic carbocycles. The molecule has 1 aliphatic rings. The smallest absolute Gasteiger partial charge is 0.233 e. The molecule has 0 bridgehead atoms. The maximum Gasteiger partial charge on any atom is 0.233 e. The fourth-order valence-corrected chi connectivity index (χ4v) is 2.74. The van der Waals surface area contributed by atoms with Gasteiger partial charge in [0.1, 0.15) is 0 Å². The van der Waals surface area contributed by atoms with E-state index >= 15 is 0 Å². The zero-order valence-electron chi connectivity index (χ0n) is 12.9. The van der Waals surface area contributed by atoms with Crippen LogP contribution >= 0.6 is 11.8 Å². The third-order valence-corrected chi connectivity index (χ3v) is 4.31. The molecule has 118 valence electrons. The second-order valence-corrected chi connectivity index (χ2v) is 6.75. The normalized spacial score (nSPS) is 14.7. The maximum atomic E-state index is 12.0. The maximum absolute atomic E-state index is 12.0. The van der Waals surface area contributed by atoms with Crippen molar-refractivity contribution in [2.45, 2.75) is 44.4 Å². The van der Waals surface area contributed by atoms with E-state index in [0.29, 0.717) is 29.4 Å². The van der Waals surface area contributed by atoms with Gasteiger partial charge >= 0.3 is 0 Å². The second-order valence-electron chi connectivity index (χ2n) is 5.81. The average molecular weight is 312 g/mol. The third kappa shape index (κ3) is 5.28. The predicted molar refractivity (Wildman–Crippen MR) is 82.0 cm³/mol. The van der Waals surface area contributed by atoms with Crippen LogP contribution in [0.1, 0.15) is 26.7 Å². The Morgan fingerprint density at radius 3 is 2.95 bits per heavy atom. The van der Waals surface area contributed by atoms with Gasteiger partial charge in [-0.15, -0.1) is 5.10 Å². The van der Waals surface area contributed by atoms with Gasteiger partial charge in [0.15, 0.2) is 0 Å². The molecule has 0 atom stereocenters. The minimum atomic E-state index is 0.148. The fourth-order valence-electron chi connectivity index (χ4n) is 1.91. The van der Waals surface area contributed by atoms with E-state index in [9.17, 15) is 4.79 Å². The second kappa shape index (κ2) is 7.74. The molecule has 1 amide bonds. The summed E-state index contributed by atoms with van der Waals surface area (Å²) < 4.78 is 1.75. The van der Waals surface area contributed by atoms with Gasteiger partial charge in [-0.25, -0.2) is 4.68 Å². The summed E-state index contributed by atoms with van der Waals surface area (Å²) in [6.07, 6.45) is 2.26. The molecule has 1 aromatic heterocycles. The number of hydrogen-bond acceptors (Lipinski definition) is 6. The fraction of sp³-hybridized carbons (Fsp3) is 0.846. The van der Waals surface area contributed by atoms with Crippen LogP contribution in [-0.2, 0) is 11.3 Å². The number of hydrogen-bond donors (Lipinski definition) is 1. The van der Waals surface area contributed by atoms with Gasteiger partial charge in [0, 0.05) is 19.6 Å². The van der Waals surface area contributed by atoms with Crippen molar-refractivity contribution in [2.24, 2.45) is 5.92 Å². The molecule has 2 rings (SSSR count). The van der Waals surface area contributed by atoms with Gasteiger partial charge in [-0.2, -0.15) is 0 Å². The van der Waals surface area contributed by atoms with E-state index < -0.39 is 0 Å². The highest BCUT2D eigenvalue weighted by molar-refractivity contribution is 7.99. The summed E-state index contributed by atoms with van der Waals surface area (Å²) >= 11 is 1.41. The van der Waals surface area contributed by atoms with Crippen LogP contribution in [0.5, 0.6) is 0 Å². The first-order chi connectivity index (χ1) is 10.1. The van der Waals surface area contributed by atoms with Crippen LogP contribution in [0, 0.1) is 5.92 Å². The SMILES string of the molecule is CC(C)CNCCn1nnnc1SCC(=O)N(C)C1CC1. The molecule has 0 aliphatic heterocycles. The summed E-state index contributed by atoms with van der Waals surface area (Å²) in [7, 11) is 1.87. The van der Waals surface area contributed by atoms with Gasteiger partial charge in [0.25, 0.3) is 0 Å². The lowest BCUT2D eigenvalue weighted by molar-refractivity contribution is -0.127. The van der Waals surface area contributed by atoms with Gasteiger partial charge < -0.3 is 10.2 Å². The van der Waals surface area contributed by atoms with Crippen molar-refractivity contribution < 1.29 is 4.79 Å². The molecule has 0 spiro atoms. The highest BCUT2D eigenvalue weighted by Crippen LogP contribution is 2.26. The number of amides is 1. The van der Waals surface area contributed by atoms with E-state index in [4.69, 9.17) is 0 Å². The van der Waals surface area contributed by atoms with Crippen LogP contribution in [-0.4, -0.2) is 62.9 Å². The molecule has 0 saturated heterocycles. The summed E-state index contributed by atoms with van der Waals surface area (Å²) in [5.41, 5.74) is 0. The summed E-state index contributed by atoms with van der Waals surface area (Å²) in [5.74, 6) is 1.17. The number of carbonyl (C=O) groups excluding carboxylic acids is 1. The van der Waals surface area contributed by atoms with Gasteiger partial charge in [0.05, 0.1) is 12.3 Å². The van der Waals surface area contributed by atoms with Crippen LogP contribution in [0.3, 0.4) is 0 Å². The quantitative estimate of drug-likeness (QED) is 0.532. The van der Waals surface area contributed by atoms with E-state index in [1.54, 1.807) is 4.68 Å². The lowest BCUT2D eigenvalue weighted by Crippen LogP contribution is -2.30. The van der Waals surface area contributed by atoms with E-state index in [-0.39, 0.29) is 5.91 Å². The van der Waals surface area contributed by atoms with Crippen molar-refractivity contribution in [1.82, 2.24) is 30.4 Å². The highest BCUT2D eigenvalue weighted by Gasteiger charge is 2.29. The van der Waals surface area contributed by atoms with E-state index in [1.165, 1.54) is 11.8 Å². The molecule has 1 N–H and O–H groups in total. The Labute approximate surface area is 129 Å². The molecular weight excluding hydrogens is 288 g/mol. The van der Waals surface area contributed by atoms with Gasteiger partial charge in [-0.3, -0.25) is 4.79 Å². The van der Waals surface area contributed by atoms with Gasteiger partial charge in [-0.1, -0.05) is 25.6 Å². The van der Waals surface area contributed by atoms with Crippen LogP contribution in [0.15, 0.2) is 5.16 Å². The Morgan fingerprint density at radius 1 is 1.52 bits per heavy atom. The molecule has 21 heavy (non-hydrogen) atoms. The number of aromatic nitrogens is 4. The molecule has 1 heterocycles. The van der Waals surface area contributed by atoms with E-state index in [1.807, 2.05) is 11.9 Å². The first kappa shape index (κ1) is 16.2. The minimum Gasteiger partial charge on any atom is -0.342 e. The van der Waals surface area contributed by atoms with Crippen molar-refractivity contribution in [2.75, 3.05) is 25.9 Å². The zero-order chi connectivity index (χ0) is 15.2. The average Bonchev–Trinajstić information content (AvgIpc) is 3.20. The van der Waals surface area contributed by atoms with Crippen molar-refractivity contribution in [1.29, 1.82) is 0 Å². The Balaban J connectivity index is 1.73. The van der Waals surface area contributed by atoms with Crippen LogP contribution in [0.25, 0.3) is 0 Å². The Morgan fingerprint density at radius 2 is 2.29 bits per heavy atom. The highest BCUT2D eigenvalue weighted by atomic mass is 32.2. The lowest BCUT2D eigenvalue weighted by atomic mass is 10.2. The van der Waals surface area contributed by atoms with Crippen molar-refractivity contribution >= 4 is 17.7 Å². The molecule has 1 aromatic rings. The van der Waals surface area contributed by atoms with Crippen LogP contribution in [0.4, 0.5) is 0 Å². The number of rotatable bonds is 9. The zero-order valence-corrected chi connectivity index (χ0v) is 13.8. The number of tetrazole rings is 1. The third-order valence-electron chi connectivity index (χ3n) is 3.36. The first-order valence-electron chi connectivity index (χ1n) is 7.43. The number of thioether (sulfide) groups is 1. The molecule has 8 heteroatoms. The Hall–Kier alpha value is -1.15. The molecule has 0 unspecified atom stereocenters. The van der Waals surface area contributed by atoms with Crippen LogP contribution in [0.2, 0.25) is 0 Å². The van der Waals surface area contributed by atoms with Crippen molar-refractivity contribution in [3.8, 4) is 0 Å². The summed E-state index contributed by atoms with van der Waals surface area (Å²) in [6, 6.07) is 0.453. The lowest BCUT2D eigenvalue weighted by Gasteiger charge is -2.15. The summed E-state index contributed by atoms with van der Waals surface area (Å²) in [6.45, 7) is 6.87. The van der Waals surface area contributed by atoms with E-state index in [2.05, 4.69) is 34.7 Å². The molecule has 1 saturated carbocycles. The summed E-state index contributed by atoms with van der Waals surface area (Å²) in [4.78, 5) is 13.8. The molecule has 7 nitrogen and oxygen atoms in total. The largest absolute Gasteiger partial charge is 0.342 e. The molecular formula is C13H24N6OS.